The molecule has 29 nitrogen and oxygen atoms in total. The predicted octanol–water partition coefficient (Wildman–Crippen LogP) is -7.03. The van der Waals surface area contributed by atoms with E-state index in [1.807, 2.05) is 5.32 Å². The third-order valence-corrected chi connectivity index (χ3v) is 10.4. The van der Waals surface area contributed by atoms with Crippen LogP contribution in [0.4, 0.5) is 0 Å². The van der Waals surface area contributed by atoms with E-state index in [9.17, 15) is 87.9 Å². The molecular formula is C41H58N10O19. The lowest BCUT2D eigenvalue weighted by Gasteiger charge is -2.30. The second-order valence-electron chi connectivity index (χ2n) is 16.3. The van der Waals surface area contributed by atoms with Crippen molar-refractivity contribution in [2.45, 2.75) is 113 Å². The highest BCUT2D eigenvalue weighted by Gasteiger charge is 2.41. The summed E-state index contributed by atoms with van der Waals surface area (Å²) in [5.41, 5.74) is 11.1. The maximum atomic E-state index is 14.0. The number of hydrogen-bond acceptors (Lipinski definition) is 16. The van der Waals surface area contributed by atoms with Gasteiger partial charge in [0.05, 0.1) is 38.9 Å². The summed E-state index contributed by atoms with van der Waals surface area (Å²) < 4.78 is 0. The summed E-state index contributed by atoms with van der Waals surface area (Å²) in [6, 6.07) is -7.70. The number of carbonyl (C=O) groups excluding carboxylic acids is 9. The molecule has 1 aliphatic rings. The summed E-state index contributed by atoms with van der Waals surface area (Å²) in [5.74, 6) is -17.9. The van der Waals surface area contributed by atoms with Gasteiger partial charge >= 0.3 is 23.9 Å². The molecule has 1 fully saturated rings. The summed E-state index contributed by atoms with van der Waals surface area (Å²) in [6.45, 7) is 0.778. The van der Waals surface area contributed by atoms with Gasteiger partial charge in [0.15, 0.2) is 0 Å². The maximum Gasteiger partial charge on any atom is 0.326 e. The standard InChI is InChI=1S/C41H58N10O19/c1-18(2)32(39(67)47-23(13-29(55)56)36(64)48-25(41(69)70)15-31(59)60)50-37(65)24(14-30(57)58)45-34(62)21(11-19-7-4-3-5-8-19)46-38(66)27-9-6-10-51(27)40(68)26(17-53)49-35(63)22(12-28(43)54)44-33(61)20(42)16-52/h3-5,7-8,18,20-27,32,52-53H,6,9-17,42H2,1-2H3,(H2,43,54)(H,44,61)(H,45,62)(H,46,66)(H,47,67)(H,48,64)(H,49,63)(H,50,65)(H,55,56)(H,57,58)(H,59,60)(H,69,70)/t20-,21-,22-,23-,24-,25-,26-,27-,32-/m0/s1. The topological polar surface area (TPSA) is 483 Å². The van der Waals surface area contributed by atoms with Crippen LogP contribution in [-0.4, -0.2) is 187 Å². The average Bonchev–Trinajstić information content (AvgIpc) is 3.78. The van der Waals surface area contributed by atoms with E-state index in [1.54, 1.807) is 30.3 Å². The molecule has 9 atom stereocenters. The van der Waals surface area contributed by atoms with Crippen molar-refractivity contribution in [1.29, 1.82) is 0 Å². The van der Waals surface area contributed by atoms with Crippen molar-refractivity contribution in [3.8, 4) is 0 Å². The van der Waals surface area contributed by atoms with Crippen LogP contribution >= 0.6 is 0 Å². The zero-order valence-electron chi connectivity index (χ0n) is 37.8. The minimum Gasteiger partial charge on any atom is -0.481 e. The molecule has 1 aromatic carbocycles. The number of primary amides is 1. The van der Waals surface area contributed by atoms with Gasteiger partial charge in [0.25, 0.3) is 0 Å². The van der Waals surface area contributed by atoms with Crippen molar-refractivity contribution in [3.63, 3.8) is 0 Å². The molecule has 0 unspecified atom stereocenters. The Kier molecular flexibility index (Phi) is 23.2. The van der Waals surface area contributed by atoms with E-state index in [2.05, 4.69) is 31.9 Å². The molecule has 1 aromatic rings. The summed E-state index contributed by atoms with van der Waals surface area (Å²) >= 11 is 0. The van der Waals surface area contributed by atoms with E-state index >= 15 is 0 Å². The smallest absolute Gasteiger partial charge is 0.326 e. The fourth-order valence-corrected chi connectivity index (χ4v) is 6.80. The zero-order valence-corrected chi connectivity index (χ0v) is 37.8. The van der Waals surface area contributed by atoms with Crippen molar-refractivity contribution in [2.24, 2.45) is 17.4 Å². The van der Waals surface area contributed by atoms with Crippen LogP contribution in [0.15, 0.2) is 30.3 Å². The third kappa shape index (κ3) is 18.7. The van der Waals surface area contributed by atoms with Gasteiger partial charge < -0.3 is 84.2 Å². The molecule has 1 aliphatic heterocycles. The summed E-state index contributed by atoms with van der Waals surface area (Å²) in [6.07, 6.45) is -4.26. The van der Waals surface area contributed by atoms with E-state index in [-0.39, 0.29) is 25.8 Å². The molecule has 29 heteroatoms. The lowest BCUT2D eigenvalue weighted by atomic mass is 10.0. The van der Waals surface area contributed by atoms with Gasteiger partial charge in [-0.3, -0.25) is 57.5 Å². The molecule has 9 amide bonds. The van der Waals surface area contributed by atoms with E-state index in [1.165, 1.54) is 13.8 Å². The molecule has 0 saturated carbocycles. The predicted molar refractivity (Wildman–Crippen MR) is 234 cm³/mol. The molecule has 1 saturated heterocycles. The first-order valence-corrected chi connectivity index (χ1v) is 21.4. The molecule has 70 heavy (non-hydrogen) atoms. The molecular weight excluding hydrogens is 937 g/mol. The highest BCUT2D eigenvalue weighted by molar-refractivity contribution is 6.00. The number of amides is 9. The molecule has 0 aliphatic carbocycles. The number of carboxylic acid groups (broad SMARTS) is 4. The SMILES string of the molecule is CC(C)[C@H](NC(=O)[C@H](CC(=O)O)NC(=O)[C@H](Cc1ccccc1)NC(=O)[C@@H]1CCCN1C(=O)[C@H](CO)NC(=O)[C@H](CC(N)=O)NC(=O)[C@@H](N)CO)C(=O)N[C@@H](CC(=O)O)C(=O)N[C@@H](CC(=O)O)C(=O)O. The quantitative estimate of drug-likeness (QED) is 0.0355. The average molecular weight is 995 g/mol. The van der Waals surface area contributed by atoms with Crippen molar-refractivity contribution in [2.75, 3.05) is 19.8 Å². The number of nitrogens with zero attached hydrogens (tertiary/aromatic N) is 1. The van der Waals surface area contributed by atoms with Gasteiger partial charge in [-0.1, -0.05) is 44.2 Å². The molecule has 0 spiro atoms. The summed E-state index contributed by atoms with van der Waals surface area (Å²) in [5, 5.41) is 71.9. The Balaban J connectivity index is 2.38. The van der Waals surface area contributed by atoms with Crippen molar-refractivity contribution < 1.29 is 93.0 Å². The summed E-state index contributed by atoms with van der Waals surface area (Å²) in [7, 11) is 0. The van der Waals surface area contributed by atoms with Crippen LogP contribution in [0.5, 0.6) is 0 Å². The maximum absolute atomic E-state index is 14.0. The van der Waals surface area contributed by atoms with Crippen LogP contribution in [0.3, 0.4) is 0 Å². The van der Waals surface area contributed by atoms with Crippen molar-refractivity contribution in [3.05, 3.63) is 35.9 Å². The molecule has 1 heterocycles. The lowest BCUT2D eigenvalue weighted by Crippen LogP contribution is -2.61. The number of benzene rings is 1. The number of hydrogen-bond donors (Lipinski definition) is 15. The highest BCUT2D eigenvalue weighted by atomic mass is 16.4. The second kappa shape index (κ2) is 27.9. The van der Waals surface area contributed by atoms with Crippen LogP contribution in [0.25, 0.3) is 0 Å². The number of aliphatic hydroxyl groups is 2. The van der Waals surface area contributed by atoms with Gasteiger partial charge in [0.2, 0.25) is 53.2 Å². The van der Waals surface area contributed by atoms with Crippen LogP contribution in [-0.2, 0) is 68.7 Å². The summed E-state index contributed by atoms with van der Waals surface area (Å²) in [4.78, 5) is 166. The van der Waals surface area contributed by atoms with E-state index in [0.717, 1.165) is 4.90 Å². The Morgan fingerprint density at radius 2 is 1.04 bits per heavy atom. The molecule has 0 bridgehead atoms. The van der Waals surface area contributed by atoms with Crippen molar-refractivity contribution in [1.82, 2.24) is 42.1 Å². The fourth-order valence-electron chi connectivity index (χ4n) is 6.80. The first kappa shape index (κ1) is 58.3. The van der Waals surface area contributed by atoms with Gasteiger partial charge in [-0.25, -0.2) is 4.79 Å². The minimum absolute atomic E-state index is 0.0110. The lowest BCUT2D eigenvalue weighted by molar-refractivity contribution is -0.148. The zero-order chi connectivity index (χ0) is 53.0. The van der Waals surface area contributed by atoms with Crippen LogP contribution in [0.2, 0.25) is 0 Å². The molecule has 2 rings (SSSR count). The second-order valence-corrected chi connectivity index (χ2v) is 16.3. The normalized spacial score (nSPS) is 16.5. The van der Waals surface area contributed by atoms with Gasteiger partial charge in [-0.2, -0.15) is 0 Å². The van der Waals surface area contributed by atoms with Gasteiger partial charge in [0.1, 0.15) is 54.4 Å². The third-order valence-electron chi connectivity index (χ3n) is 10.4. The Bertz CT molecular complexity index is 2130. The number of likely N-dealkylation sites (tertiary alicyclic amines) is 1. The number of nitrogens with one attached hydrogen (secondary N) is 7. The number of carboxylic acids is 4. The number of carbonyl (C=O) groups is 13. The number of aliphatic carboxylic acids is 4. The van der Waals surface area contributed by atoms with Gasteiger partial charge in [-0.05, 0) is 24.3 Å². The Morgan fingerprint density at radius 3 is 1.53 bits per heavy atom. The van der Waals surface area contributed by atoms with Crippen molar-refractivity contribution >= 4 is 77.0 Å². The fraction of sp³-hybridized carbons (Fsp3) is 0.537. The van der Waals surface area contributed by atoms with Gasteiger partial charge in [-0.15, -0.1) is 0 Å². The van der Waals surface area contributed by atoms with E-state index in [4.69, 9.17) is 16.6 Å². The monoisotopic (exact) mass is 994 g/mol. The van der Waals surface area contributed by atoms with E-state index < -0.39 is 176 Å². The molecule has 17 N–H and O–H groups in total. The molecule has 0 radical (unpaired) electrons. The number of rotatable bonds is 29. The van der Waals surface area contributed by atoms with E-state index in [0.29, 0.717) is 5.56 Å². The number of aliphatic hydroxyl groups excluding tert-OH is 2. The first-order chi connectivity index (χ1) is 32.8. The Labute approximate surface area is 397 Å². The first-order valence-electron chi connectivity index (χ1n) is 21.4. The highest BCUT2D eigenvalue weighted by Crippen LogP contribution is 2.20. The Morgan fingerprint density at radius 1 is 0.586 bits per heavy atom. The van der Waals surface area contributed by atoms with Gasteiger partial charge in [0, 0.05) is 13.0 Å². The van der Waals surface area contributed by atoms with Crippen LogP contribution in [0.1, 0.15) is 57.9 Å². The molecule has 386 valence electrons. The number of nitrogens with two attached hydrogens (primary N) is 2. The van der Waals surface area contributed by atoms with Crippen LogP contribution < -0.4 is 48.7 Å². The molecule has 0 aromatic heterocycles. The van der Waals surface area contributed by atoms with Crippen LogP contribution in [0, 0.1) is 5.92 Å². The Hall–Kier alpha value is -7.79. The largest absolute Gasteiger partial charge is 0.481 e. The minimum atomic E-state index is -2.04.